The quantitative estimate of drug-likeness (QED) is 0.435. The van der Waals surface area contributed by atoms with Gasteiger partial charge in [0.05, 0.1) is 0 Å². The van der Waals surface area contributed by atoms with Gasteiger partial charge < -0.3 is 0 Å². The van der Waals surface area contributed by atoms with E-state index < -0.39 is 0 Å². The molecule has 0 N–H and O–H groups in total. The molecule has 1 aliphatic rings. The Morgan fingerprint density at radius 1 is 1.31 bits per heavy atom. The third kappa shape index (κ3) is 2.40. The van der Waals surface area contributed by atoms with Gasteiger partial charge >= 0.3 is 116 Å². The molecule has 80 valence electrons. The molecule has 0 aliphatic heterocycles. The molecule has 0 aromatic heterocycles. The van der Waals surface area contributed by atoms with Crippen LogP contribution in [0.15, 0.2) is 48.6 Å². The van der Waals surface area contributed by atoms with E-state index in [2.05, 4.69) is 57.9 Å². The molecule has 1 nitrogen and oxygen atoms in total. The molecule has 16 heavy (non-hydrogen) atoms. The summed E-state index contributed by atoms with van der Waals surface area (Å²) in [5, 5.41) is 8.97. The molecule has 0 radical (unpaired) electrons. The summed E-state index contributed by atoms with van der Waals surface area (Å²) in [6, 6.07) is 10.3. The predicted molar refractivity (Wildman–Crippen MR) is 76.3 cm³/mol. The first-order valence-corrected chi connectivity index (χ1v) is 7.74. The van der Waals surface area contributed by atoms with Crippen LogP contribution in [0.4, 0.5) is 0 Å². The molecular formula is C13H10INSe. The first-order valence-electron chi connectivity index (χ1n) is 4.95. The molecule has 0 saturated heterocycles. The van der Waals surface area contributed by atoms with E-state index in [1.54, 1.807) is 0 Å². The van der Waals surface area contributed by atoms with Gasteiger partial charge in [0.2, 0.25) is 0 Å². The summed E-state index contributed by atoms with van der Waals surface area (Å²) in [6.45, 7) is 0. The number of halogens is 1. The summed E-state index contributed by atoms with van der Waals surface area (Å²) in [4.78, 5) is 2.36. The van der Waals surface area contributed by atoms with Crippen LogP contribution in [0, 0.1) is 10.2 Å². The number of alkyl halides is 1. The zero-order chi connectivity index (χ0) is 11.4. The maximum absolute atomic E-state index is 8.97. The van der Waals surface area contributed by atoms with E-state index in [4.69, 9.17) is 5.26 Å². The summed E-state index contributed by atoms with van der Waals surface area (Å²) in [5.41, 5.74) is 2.52. The summed E-state index contributed by atoms with van der Waals surface area (Å²) in [6.07, 6.45) is 7.34. The molecule has 1 unspecified atom stereocenters. The van der Waals surface area contributed by atoms with Crippen molar-refractivity contribution in [1.82, 2.24) is 0 Å². The summed E-state index contributed by atoms with van der Waals surface area (Å²) in [5.74, 6) is 0. The molecule has 2 rings (SSSR count). The zero-order valence-corrected chi connectivity index (χ0v) is 12.4. The molecular weight excluding hydrogens is 376 g/mol. The van der Waals surface area contributed by atoms with Crippen LogP contribution < -0.4 is 0 Å². The van der Waals surface area contributed by atoms with Crippen molar-refractivity contribution < 1.29 is 0 Å². The fourth-order valence-corrected chi connectivity index (χ4v) is 4.27. The van der Waals surface area contributed by atoms with Crippen molar-refractivity contribution in [2.24, 2.45) is 0 Å². The second kappa shape index (κ2) is 5.18. The Balaban J connectivity index is 2.42. The number of hydrogen-bond donors (Lipinski definition) is 0. The number of rotatable bonds is 2. The van der Waals surface area contributed by atoms with Gasteiger partial charge in [-0.2, -0.15) is 0 Å². The Morgan fingerprint density at radius 3 is 2.75 bits per heavy atom. The van der Waals surface area contributed by atoms with Gasteiger partial charge in [-0.25, -0.2) is 0 Å². The molecule has 0 saturated carbocycles. The van der Waals surface area contributed by atoms with E-state index >= 15 is 0 Å². The van der Waals surface area contributed by atoms with Crippen LogP contribution in [0.1, 0.15) is 12.0 Å². The third-order valence-electron chi connectivity index (χ3n) is 2.47. The molecule has 0 heterocycles. The Kier molecular flexibility index (Phi) is 3.86. The zero-order valence-electron chi connectivity index (χ0n) is 8.56. The summed E-state index contributed by atoms with van der Waals surface area (Å²) in [7, 11) is 0. The minimum absolute atomic E-state index is 0.00435. The van der Waals surface area contributed by atoms with Gasteiger partial charge in [0.15, 0.2) is 0 Å². The number of nitriles is 1. The van der Waals surface area contributed by atoms with Crippen molar-refractivity contribution >= 4 is 43.1 Å². The molecule has 1 aromatic carbocycles. The molecule has 1 aliphatic carbocycles. The average Bonchev–Trinajstić information content (AvgIpc) is 2.31. The van der Waals surface area contributed by atoms with Crippen LogP contribution in [0.25, 0.3) is 5.57 Å². The first-order chi connectivity index (χ1) is 7.76. The normalized spacial score (nSPS) is 23.6. The minimum atomic E-state index is -0.0278. The van der Waals surface area contributed by atoms with Crippen molar-refractivity contribution in [1.29, 1.82) is 5.26 Å². The average molecular weight is 386 g/mol. The van der Waals surface area contributed by atoms with Gasteiger partial charge in [0.1, 0.15) is 0 Å². The topological polar surface area (TPSA) is 23.8 Å². The van der Waals surface area contributed by atoms with Gasteiger partial charge in [-0.15, -0.1) is 0 Å². The van der Waals surface area contributed by atoms with Crippen molar-refractivity contribution in [3.05, 3.63) is 54.1 Å². The standard InChI is InChI=1S/C13H10INSe/c14-13(16-10-15)9-5-4-8-12(13)11-6-2-1-3-7-11/h1-8H,9H2. The number of allylic oxidation sites excluding steroid dienone is 4. The van der Waals surface area contributed by atoms with Crippen molar-refractivity contribution in [2.45, 2.75) is 8.74 Å². The molecule has 1 aromatic rings. The Bertz CT molecular complexity index is 472. The van der Waals surface area contributed by atoms with Crippen LogP contribution in [0.3, 0.4) is 0 Å². The van der Waals surface area contributed by atoms with E-state index in [0.29, 0.717) is 0 Å². The molecule has 0 spiro atoms. The van der Waals surface area contributed by atoms with Crippen LogP contribution in [-0.2, 0) is 0 Å². The second-order valence-corrected chi connectivity index (χ2v) is 9.26. The van der Waals surface area contributed by atoms with Crippen molar-refractivity contribution in [3.8, 4) is 4.97 Å². The number of nitrogens with zero attached hydrogens (tertiary/aromatic N) is 1. The van der Waals surface area contributed by atoms with E-state index in [-0.39, 0.29) is 17.3 Å². The van der Waals surface area contributed by atoms with Gasteiger partial charge in [0.25, 0.3) is 0 Å². The SMILES string of the molecule is N#C[Se]C1(I)CC=CC=C1c1ccccc1. The first kappa shape index (κ1) is 11.9. The summed E-state index contributed by atoms with van der Waals surface area (Å²) >= 11 is 2.41. The Labute approximate surface area is 116 Å². The number of hydrogen-bond acceptors (Lipinski definition) is 1. The van der Waals surface area contributed by atoms with Gasteiger partial charge in [-0.1, -0.05) is 0 Å². The van der Waals surface area contributed by atoms with E-state index in [0.717, 1.165) is 6.42 Å². The Morgan fingerprint density at radius 2 is 2.06 bits per heavy atom. The van der Waals surface area contributed by atoms with Crippen LogP contribution >= 0.6 is 22.6 Å². The summed E-state index contributed by atoms with van der Waals surface area (Å²) < 4.78 is -0.00435. The molecule has 0 amide bonds. The van der Waals surface area contributed by atoms with E-state index in [9.17, 15) is 0 Å². The van der Waals surface area contributed by atoms with E-state index in [1.807, 2.05) is 18.2 Å². The maximum atomic E-state index is 8.97. The van der Waals surface area contributed by atoms with Crippen LogP contribution in [0.2, 0.25) is 0 Å². The molecule has 3 heteroatoms. The van der Waals surface area contributed by atoms with Crippen LogP contribution in [0.5, 0.6) is 0 Å². The van der Waals surface area contributed by atoms with E-state index in [1.165, 1.54) is 11.1 Å². The fraction of sp³-hybridized carbons (Fsp3) is 0.154. The predicted octanol–water partition coefficient (Wildman–Crippen LogP) is 3.35. The van der Waals surface area contributed by atoms with Crippen molar-refractivity contribution in [3.63, 3.8) is 0 Å². The number of benzene rings is 1. The second-order valence-electron chi connectivity index (χ2n) is 3.50. The van der Waals surface area contributed by atoms with Crippen molar-refractivity contribution in [2.75, 3.05) is 0 Å². The van der Waals surface area contributed by atoms with Gasteiger partial charge in [-0.05, 0) is 0 Å². The van der Waals surface area contributed by atoms with Crippen LogP contribution in [-0.4, -0.2) is 17.3 Å². The monoisotopic (exact) mass is 387 g/mol. The molecule has 0 fully saturated rings. The molecule has 1 atom stereocenters. The fourth-order valence-electron chi connectivity index (χ4n) is 1.72. The van der Waals surface area contributed by atoms with Gasteiger partial charge in [-0.3, -0.25) is 0 Å². The third-order valence-corrected chi connectivity index (χ3v) is 6.32. The van der Waals surface area contributed by atoms with Gasteiger partial charge in [0, 0.05) is 0 Å². The molecule has 0 bridgehead atoms. The Hall–Kier alpha value is -0.561.